The number of ether oxygens (including phenoxy) is 3. The van der Waals surface area contributed by atoms with Crippen molar-refractivity contribution in [2.24, 2.45) is 0 Å². The number of fused-ring (bicyclic) bond motifs is 1. The summed E-state index contributed by atoms with van der Waals surface area (Å²) in [6, 6.07) is 7.01. The number of carbonyl (C=O) groups excluding carboxylic acids is 3. The number of hydrogen-bond donors (Lipinski definition) is 1. The van der Waals surface area contributed by atoms with E-state index in [1.165, 1.54) is 4.90 Å². The lowest BCUT2D eigenvalue weighted by Crippen LogP contribution is -2.38. The van der Waals surface area contributed by atoms with Gasteiger partial charge in [0, 0.05) is 13.2 Å². The number of anilines is 1. The zero-order valence-electron chi connectivity index (χ0n) is 14.4. The second kappa shape index (κ2) is 8.66. The fourth-order valence-corrected chi connectivity index (χ4v) is 2.90. The molecule has 8 nitrogen and oxygen atoms in total. The number of para-hydroxylation sites is 2. The third-order valence-electron chi connectivity index (χ3n) is 4.23. The summed E-state index contributed by atoms with van der Waals surface area (Å²) in [5, 5.41) is 2.68. The standard InChI is InChI=1S/C18H22N2O6/c21-16(19-10-13-4-3-8-24-13)12-26-18(23)11-20-14-5-1-2-6-15(14)25-9-7-17(20)22/h1-2,5-6,13H,3-4,7-12H2,(H,19,21)/t13-/m1/s1. The van der Waals surface area contributed by atoms with Gasteiger partial charge in [-0.1, -0.05) is 12.1 Å². The van der Waals surface area contributed by atoms with Gasteiger partial charge in [-0.05, 0) is 25.0 Å². The van der Waals surface area contributed by atoms with E-state index < -0.39 is 5.97 Å². The van der Waals surface area contributed by atoms with Gasteiger partial charge < -0.3 is 19.5 Å². The highest BCUT2D eigenvalue weighted by Crippen LogP contribution is 2.30. The van der Waals surface area contributed by atoms with Crippen molar-refractivity contribution in [2.45, 2.75) is 25.4 Å². The first-order chi connectivity index (χ1) is 12.6. The molecule has 1 atom stereocenters. The summed E-state index contributed by atoms with van der Waals surface area (Å²) in [6.45, 7) is 0.729. The molecule has 0 spiro atoms. The molecule has 3 rings (SSSR count). The van der Waals surface area contributed by atoms with Crippen molar-refractivity contribution in [1.29, 1.82) is 0 Å². The van der Waals surface area contributed by atoms with E-state index in [4.69, 9.17) is 14.2 Å². The highest BCUT2D eigenvalue weighted by molar-refractivity contribution is 5.99. The van der Waals surface area contributed by atoms with Gasteiger partial charge in [-0.3, -0.25) is 19.3 Å². The molecule has 0 unspecified atom stereocenters. The molecule has 1 saturated heterocycles. The summed E-state index contributed by atoms with van der Waals surface area (Å²) in [5.74, 6) is -0.725. The van der Waals surface area contributed by atoms with Crippen LogP contribution in [0.1, 0.15) is 19.3 Å². The fourth-order valence-electron chi connectivity index (χ4n) is 2.90. The molecule has 1 N–H and O–H groups in total. The molecular formula is C18H22N2O6. The molecule has 2 aliphatic rings. The number of esters is 1. The van der Waals surface area contributed by atoms with E-state index in [-0.39, 0.29) is 44.1 Å². The molecule has 2 amide bonds. The van der Waals surface area contributed by atoms with Crippen LogP contribution in [0.5, 0.6) is 5.75 Å². The number of rotatable bonds is 6. The van der Waals surface area contributed by atoms with Crippen molar-refractivity contribution < 1.29 is 28.6 Å². The normalized spacial score (nSPS) is 19.3. The minimum absolute atomic E-state index is 0.0286. The largest absolute Gasteiger partial charge is 0.491 e. The van der Waals surface area contributed by atoms with Crippen LogP contribution in [0.25, 0.3) is 0 Å². The van der Waals surface area contributed by atoms with Crippen LogP contribution < -0.4 is 15.0 Å². The minimum atomic E-state index is -0.651. The van der Waals surface area contributed by atoms with Gasteiger partial charge >= 0.3 is 5.97 Å². The van der Waals surface area contributed by atoms with Gasteiger partial charge in [0.25, 0.3) is 5.91 Å². The summed E-state index contributed by atoms with van der Waals surface area (Å²) in [7, 11) is 0. The molecule has 0 radical (unpaired) electrons. The maximum Gasteiger partial charge on any atom is 0.326 e. The molecule has 8 heteroatoms. The number of carbonyl (C=O) groups is 3. The third-order valence-corrected chi connectivity index (χ3v) is 4.23. The van der Waals surface area contributed by atoms with E-state index >= 15 is 0 Å². The lowest BCUT2D eigenvalue weighted by Gasteiger charge is -2.20. The zero-order valence-corrected chi connectivity index (χ0v) is 14.4. The number of nitrogens with one attached hydrogen (secondary N) is 1. The SMILES string of the molecule is O=C(COC(=O)CN1C(=O)CCOc2ccccc21)NC[C@H]1CCCO1. The lowest BCUT2D eigenvalue weighted by molar-refractivity contribution is -0.147. The number of nitrogens with zero attached hydrogens (tertiary/aromatic N) is 1. The number of amides is 2. The summed E-state index contributed by atoms with van der Waals surface area (Å²) in [4.78, 5) is 37.4. The second-order valence-electron chi connectivity index (χ2n) is 6.15. The van der Waals surface area contributed by atoms with E-state index in [1.54, 1.807) is 24.3 Å². The summed E-state index contributed by atoms with van der Waals surface area (Å²) in [5.41, 5.74) is 0.523. The first kappa shape index (κ1) is 18.2. The Kier molecular flexibility index (Phi) is 6.06. The van der Waals surface area contributed by atoms with Gasteiger partial charge in [-0.25, -0.2) is 0 Å². The number of benzene rings is 1. The summed E-state index contributed by atoms with van der Waals surface area (Å²) >= 11 is 0. The first-order valence-corrected chi connectivity index (χ1v) is 8.69. The Balaban J connectivity index is 1.49. The van der Waals surface area contributed by atoms with Crippen LogP contribution in [0.4, 0.5) is 5.69 Å². The predicted molar refractivity (Wildman–Crippen MR) is 91.8 cm³/mol. The lowest BCUT2D eigenvalue weighted by atomic mass is 10.2. The van der Waals surface area contributed by atoms with Crippen LogP contribution >= 0.6 is 0 Å². The van der Waals surface area contributed by atoms with Gasteiger partial charge in [0.05, 0.1) is 24.8 Å². The van der Waals surface area contributed by atoms with Gasteiger partial charge in [-0.15, -0.1) is 0 Å². The summed E-state index contributed by atoms with van der Waals surface area (Å²) < 4.78 is 15.9. The van der Waals surface area contributed by atoms with Crippen molar-refractivity contribution in [3.8, 4) is 5.75 Å². The van der Waals surface area contributed by atoms with Crippen molar-refractivity contribution in [1.82, 2.24) is 5.32 Å². The maximum atomic E-state index is 12.2. The van der Waals surface area contributed by atoms with E-state index in [2.05, 4.69) is 5.32 Å². The van der Waals surface area contributed by atoms with Gasteiger partial charge in [-0.2, -0.15) is 0 Å². The highest BCUT2D eigenvalue weighted by Gasteiger charge is 2.26. The Morgan fingerprint density at radius 3 is 2.92 bits per heavy atom. The Morgan fingerprint density at radius 2 is 2.12 bits per heavy atom. The smallest absolute Gasteiger partial charge is 0.326 e. The summed E-state index contributed by atoms with van der Waals surface area (Å²) in [6.07, 6.45) is 2.11. The first-order valence-electron chi connectivity index (χ1n) is 8.69. The van der Waals surface area contributed by atoms with Crippen LogP contribution in [0.2, 0.25) is 0 Å². The van der Waals surface area contributed by atoms with Crippen molar-refractivity contribution >= 4 is 23.5 Å². The van der Waals surface area contributed by atoms with Crippen LogP contribution in [0.3, 0.4) is 0 Å². The topological polar surface area (TPSA) is 94.2 Å². The molecule has 1 fully saturated rings. The zero-order chi connectivity index (χ0) is 18.4. The molecule has 2 aliphatic heterocycles. The predicted octanol–water partition coefficient (Wildman–Crippen LogP) is 0.640. The van der Waals surface area contributed by atoms with E-state index in [0.717, 1.165) is 12.8 Å². The highest BCUT2D eigenvalue weighted by atomic mass is 16.5. The second-order valence-corrected chi connectivity index (χ2v) is 6.15. The molecule has 0 aliphatic carbocycles. The molecular weight excluding hydrogens is 340 g/mol. The molecule has 1 aromatic rings. The maximum absolute atomic E-state index is 12.2. The molecule has 0 aromatic heterocycles. The van der Waals surface area contributed by atoms with Crippen molar-refractivity contribution in [3.63, 3.8) is 0 Å². The number of hydrogen-bond acceptors (Lipinski definition) is 6. The molecule has 0 bridgehead atoms. The van der Waals surface area contributed by atoms with Crippen LogP contribution in [0, 0.1) is 0 Å². The third kappa shape index (κ3) is 4.72. The fraction of sp³-hybridized carbons (Fsp3) is 0.500. The van der Waals surface area contributed by atoms with Gasteiger partial charge in [0.15, 0.2) is 6.61 Å². The van der Waals surface area contributed by atoms with Gasteiger partial charge in [0.2, 0.25) is 5.91 Å². The molecule has 1 aromatic carbocycles. The average molecular weight is 362 g/mol. The molecule has 26 heavy (non-hydrogen) atoms. The van der Waals surface area contributed by atoms with E-state index in [9.17, 15) is 14.4 Å². The van der Waals surface area contributed by atoms with Crippen molar-refractivity contribution in [2.75, 3.05) is 37.8 Å². The van der Waals surface area contributed by atoms with E-state index in [0.29, 0.717) is 24.6 Å². The minimum Gasteiger partial charge on any atom is -0.491 e. The Hall–Kier alpha value is -2.61. The molecule has 2 heterocycles. The van der Waals surface area contributed by atoms with Crippen LogP contribution in [-0.2, 0) is 23.9 Å². The van der Waals surface area contributed by atoms with Crippen LogP contribution in [-0.4, -0.2) is 56.8 Å². The van der Waals surface area contributed by atoms with Gasteiger partial charge in [0.1, 0.15) is 12.3 Å². The van der Waals surface area contributed by atoms with Crippen LogP contribution in [0.15, 0.2) is 24.3 Å². The van der Waals surface area contributed by atoms with E-state index in [1.807, 2.05) is 0 Å². The monoisotopic (exact) mass is 362 g/mol. The molecule has 0 saturated carbocycles. The molecule has 140 valence electrons. The average Bonchev–Trinajstić information content (AvgIpc) is 3.11. The Bertz CT molecular complexity index is 671. The Labute approximate surface area is 151 Å². The van der Waals surface area contributed by atoms with Crippen molar-refractivity contribution in [3.05, 3.63) is 24.3 Å². The Morgan fingerprint density at radius 1 is 1.27 bits per heavy atom. The quantitative estimate of drug-likeness (QED) is 0.747.